The molecule has 0 saturated carbocycles. The zero-order valence-electron chi connectivity index (χ0n) is 50.0. The van der Waals surface area contributed by atoms with Crippen LogP contribution < -0.4 is 0 Å². The van der Waals surface area contributed by atoms with Gasteiger partial charge < -0.3 is 18.9 Å². The van der Waals surface area contributed by atoms with E-state index in [9.17, 15) is 19.0 Å². The molecule has 75 heavy (non-hydrogen) atoms. The van der Waals surface area contributed by atoms with Crippen molar-refractivity contribution < 1.29 is 42.1 Å². The highest BCUT2D eigenvalue weighted by molar-refractivity contribution is 7.47. The van der Waals surface area contributed by atoms with E-state index >= 15 is 0 Å². The molecule has 0 bridgehead atoms. The van der Waals surface area contributed by atoms with Gasteiger partial charge in [0.05, 0.1) is 27.7 Å². The van der Waals surface area contributed by atoms with Crippen LogP contribution in [0.2, 0.25) is 0 Å². The molecular formula is C65H123NO8P+. The molecule has 2 atom stereocenters. The lowest BCUT2D eigenvalue weighted by atomic mass is 10.0. The molecule has 0 saturated heterocycles. The molecule has 2 unspecified atom stereocenters. The number of nitrogens with zero attached hydrogens (tertiary/aromatic N) is 1. The highest BCUT2D eigenvalue weighted by Gasteiger charge is 2.27. The number of esters is 2. The first-order valence-electron chi connectivity index (χ1n) is 31.9. The minimum atomic E-state index is -4.40. The minimum Gasteiger partial charge on any atom is -0.462 e. The van der Waals surface area contributed by atoms with E-state index in [1.165, 1.54) is 212 Å². The number of carbonyl (C=O) groups is 2. The third kappa shape index (κ3) is 61.1. The second-order valence-corrected chi connectivity index (χ2v) is 24.2. The third-order valence-corrected chi connectivity index (χ3v) is 15.1. The highest BCUT2D eigenvalue weighted by Crippen LogP contribution is 2.43. The van der Waals surface area contributed by atoms with E-state index in [-0.39, 0.29) is 32.0 Å². The van der Waals surface area contributed by atoms with Crippen LogP contribution >= 0.6 is 7.82 Å². The van der Waals surface area contributed by atoms with E-state index in [0.717, 1.165) is 57.8 Å². The topological polar surface area (TPSA) is 108 Å². The summed E-state index contributed by atoms with van der Waals surface area (Å²) >= 11 is 0. The number of carbonyl (C=O) groups excluding carboxylic acids is 2. The predicted molar refractivity (Wildman–Crippen MR) is 321 cm³/mol. The smallest absolute Gasteiger partial charge is 0.462 e. The summed E-state index contributed by atoms with van der Waals surface area (Å²) in [5.41, 5.74) is 0. The molecule has 0 amide bonds. The molecule has 0 spiro atoms. The van der Waals surface area contributed by atoms with Crippen LogP contribution in [0.4, 0.5) is 0 Å². The third-order valence-electron chi connectivity index (χ3n) is 14.1. The summed E-state index contributed by atoms with van der Waals surface area (Å²) in [7, 11) is 1.46. The number of phosphoric acid groups is 1. The zero-order chi connectivity index (χ0) is 54.9. The molecular weight excluding hydrogens is 954 g/mol. The van der Waals surface area contributed by atoms with Gasteiger partial charge in [0.2, 0.25) is 0 Å². The summed E-state index contributed by atoms with van der Waals surface area (Å²) in [5, 5.41) is 0. The maximum Gasteiger partial charge on any atom is 0.472 e. The van der Waals surface area contributed by atoms with Crippen LogP contribution in [-0.4, -0.2) is 74.9 Å². The van der Waals surface area contributed by atoms with Crippen molar-refractivity contribution in [2.45, 2.75) is 309 Å². The normalized spacial score (nSPS) is 13.5. The molecule has 10 heteroatoms. The van der Waals surface area contributed by atoms with Crippen molar-refractivity contribution in [3.8, 4) is 0 Å². The Morgan fingerprint density at radius 3 is 1.13 bits per heavy atom. The number of phosphoric ester groups is 1. The molecule has 0 aliphatic rings. The van der Waals surface area contributed by atoms with Crippen LogP contribution in [0, 0.1) is 0 Å². The molecule has 0 aromatic carbocycles. The first-order valence-corrected chi connectivity index (χ1v) is 33.4. The SMILES string of the molecule is CC/C=C\C/C=C\C/C=C\C/C=C\CCCCC(=O)OC(COC(=O)CCCCCCCCCCCCCCCCCCCCCCCCCCCCCCCCCCCCCC)COP(=O)(O)OCC[N+](C)(C)C. The zero-order valence-corrected chi connectivity index (χ0v) is 50.9. The van der Waals surface area contributed by atoms with Gasteiger partial charge in [-0.2, -0.15) is 0 Å². The quantitative estimate of drug-likeness (QED) is 0.0211. The van der Waals surface area contributed by atoms with Crippen LogP contribution in [0.3, 0.4) is 0 Å². The molecule has 1 N–H and O–H groups in total. The first kappa shape index (κ1) is 73.0. The Kier molecular flexibility index (Phi) is 55.1. The number of ether oxygens (including phenoxy) is 2. The Bertz CT molecular complexity index is 1410. The molecule has 0 rings (SSSR count). The lowest BCUT2D eigenvalue weighted by molar-refractivity contribution is -0.870. The van der Waals surface area contributed by atoms with Crippen molar-refractivity contribution in [2.24, 2.45) is 0 Å². The van der Waals surface area contributed by atoms with Crippen molar-refractivity contribution in [1.29, 1.82) is 0 Å². The molecule has 0 aliphatic carbocycles. The summed E-state index contributed by atoms with van der Waals surface area (Å²) < 4.78 is 34.5. The van der Waals surface area contributed by atoms with E-state index in [1.54, 1.807) is 0 Å². The van der Waals surface area contributed by atoms with Crippen LogP contribution in [-0.2, 0) is 32.7 Å². The number of likely N-dealkylation sites (N-methyl/N-ethyl adjacent to an activating group) is 1. The summed E-state index contributed by atoms with van der Waals surface area (Å²) in [4.78, 5) is 35.6. The molecule has 9 nitrogen and oxygen atoms in total. The van der Waals surface area contributed by atoms with Gasteiger partial charge in [0.1, 0.15) is 19.8 Å². The van der Waals surface area contributed by atoms with Crippen LogP contribution in [0.15, 0.2) is 48.6 Å². The van der Waals surface area contributed by atoms with Gasteiger partial charge in [-0.1, -0.05) is 287 Å². The summed E-state index contributed by atoms with van der Waals surface area (Å²) in [6.07, 6.45) is 72.4. The van der Waals surface area contributed by atoms with E-state index < -0.39 is 26.5 Å². The Hall–Kier alpha value is -2.03. The standard InChI is InChI=1S/C65H122NO8P/c1-6-8-10-12-14-16-18-20-22-23-24-25-26-27-28-29-30-31-32-33-34-35-36-37-38-39-40-41-42-44-45-47-49-51-53-55-57-64(67)71-61-63(62-73-75(69,70)72-60-59-66(3,4)5)74-65(68)58-56-54-52-50-48-46-43-21-19-17-15-13-11-9-7-2/h9,11,15,17,21,43,48,50,63H,6-8,10,12-14,16,18-20,22-42,44-47,49,51-62H2,1-5H3/p+1/b11-9-,17-15-,43-21-,50-48-. The number of hydrogen-bond donors (Lipinski definition) is 1. The average Bonchev–Trinajstić information content (AvgIpc) is 3.37. The van der Waals surface area contributed by atoms with E-state index in [1.807, 2.05) is 21.1 Å². The summed E-state index contributed by atoms with van der Waals surface area (Å²) in [6.45, 7) is 4.30. The second kappa shape index (κ2) is 56.7. The van der Waals surface area contributed by atoms with Gasteiger partial charge in [0, 0.05) is 12.8 Å². The van der Waals surface area contributed by atoms with Crippen molar-refractivity contribution in [3.05, 3.63) is 48.6 Å². The summed E-state index contributed by atoms with van der Waals surface area (Å²) in [6, 6.07) is 0. The number of hydrogen-bond acceptors (Lipinski definition) is 7. The molecule has 440 valence electrons. The maximum atomic E-state index is 12.8. The fourth-order valence-corrected chi connectivity index (χ4v) is 9.99. The first-order chi connectivity index (χ1) is 36.5. The minimum absolute atomic E-state index is 0.0236. The molecule has 0 aliphatic heterocycles. The van der Waals surface area contributed by atoms with Gasteiger partial charge in [0.15, 0.2) is 6.10 Å². The molecule has 0 fully saturated rings. The number of unbranched alkanes of at least 4 members (excludes halogenated alkanes) is 37. The second-order valence-electron chi connectivity index (χ2n) is 22.8. The van der Waals surface area contributed by atoms with Crippen molar-refractivity contribution in [2.75, 3.05) is 47.5 Å². The summed E-state index contributed by atoms with van der Waals surface area (Å²) in [5.74, 6) is -0.836. The van der Waals surface area contributed by atoms with Crippen LogP contribution in [0.25, 0.3) is 0 Å². The van der Waals surface area contributed by atoms with Gasteiger partial charge in [-0.15, -0.1) is 0 Å². The van der Waals surface area contributed by atoms with Crippen LogP contribution in [0.1, 0.15) is 303 Å². The van der Waals surface area contributed by atoms with Gasteiger partial charge >= 0.3 is 19.8 Å². The predicted octanol–water partition coefficient (Wildman–Crippen LogP) is 20.1. The monoisotopic (exact) mass is 1080 g/mol. The van der Waals surface area contributed by atoms with Crippen molar-refractivity contribution in [3.63, 3.8) is 0 Å². The lowest BCUT2D eigenvalue weighted by Crippen LogP contribution is -2.37. The number of rotatable bonds is 59. The van der Waals surface area contributed by atoms with E-state index in [4.69, 9.17) is 18.5 Å². The molecule has 0 aromatic heterocycles. The Balaban J connectivity index is 3.92. The molecule has 0 radical (unpaired) electrons. The fourth-order valence-electron chi connectivity index (χ4n) is 9.25. The van der Waals surface area contributed by atoms with Gasteiger partial charge in [0.25, 0.3) is 0 Å². The fraction of sp³-hybridized carbons (Fsp3) is 0.846. The Morgan fingerprint density at radius 2 is 0.760 bits per heavy atom. The van der Waals surface area contributed by atoms with Gasteiger partial charge in [-0.05, 0) is 51.4 Å². The largest absolute Gasteiger partial charge is 0.472 e. The number of allylic oxidation sites excluding steroid dienone is 8. The van der Waals surface area contributed by atoms with Crippen molar-refractivity contribution >= 4 is 19.8 Å². The van der Waals surface area contributed by atoms with Crippen molar-refractivity contribution in [1.82, 2.24) is 0 Å². The highest BCUT2D eigenvalue weighted by atomic mass is 31.2. The maximum absolute atomic E-state index is 12.8. The van der Waals surface area contributed by atoms with E-state index in [0.29, 0.717) is 17.4 Å². The number of quaternary nitrogens is 1. The van der Waals surface area contributed by atoms with Crippen LogP contribution in [0.5, 0.6) is 0 Å². The van der Waals surface area contributed by atoms with Gasteiger partial charge in [-0.25, -0.2) is 4.57 Å². The molecule has 0 aromatic rings. The average molecular weight is 1080 g/mol. The van der Waals surface area contributed by atoms with E-state index in [2.05, 4.69) is 62.5 Å². The lowest BCUT2D eigenvalue weighted by Gasteiger charge is -2.24. The molecule has 0 heterocycles. The Morgan fingerprint density at radius 1 is 0.427 bits per heavy atom. The Labute approximate surface area is 464 Å². The van der Waals surface area contributed by atoms with Gasteiger partial charge in [-0.3, -0.25) is 18.6 Å².